The lowest BCUT2D eigenvalue weighted by Gasteiger charge is -2.35. The molecule has 31 heavy (non-hydrogen) atoms. The summed E-state index contributed by atoms with van der Waals surface area (Å²) in [6.07, 6.45) is 5.14. The molecular formula is C22H24FN5O2S. The normalized spacial score (nSPS) is 23.4. The highest BCUT2D eigenvalue weighted by molar-refractivity contribution is 7.10. The molecule has 0 bridgehead atoms. The first-order valence-corrected chi connectivity index (χ1v) is 11.3. The summed E-state index contributed by atoms with van der Waals surface area (Å²) in [6.45, 7) is 3.31. The predicted molar refractivity (Wildman–Crippen MR) is 117 cm³/mol. The topological polar surface area (TPSA) is 72.3 Å². The van der Waals surface area contributed by atoms with Crippen LogP contribution in [0.25, 0.3) is 5.69 Å². The van der Waals surface area contributed by atoms with Crippen LogP contribution in [0.4, 0.5) is 20.0 Å². The van der Waals surface area contributed by atoms with Crippen LogP contribution in [-0.2, 0) is 4.74 Å². The Morgan fingerprint density at radius 3 is 2.84 bits per heavy atom. The second kappa shape index (κ2) is 7.96. The van der Waals surface area contributed by atoms with Crippen LogP contribution in [-0.4, -0.2) is 38.9 Å². The minimum absolute atomic E-state index is 0.265. The lowest BCUT2D eigenvalue weighted by Crippen LogP contribution is -2.39. The third-order valence-corrected chi connectivity index (χ3v) is 7.03. The fraction of sp³-hybridized carbons (Fsp3) is 0.409. The van der Waals surface area contributed by atoms with Gasteiger partial charge in [-0.1, -0.05) is 12.1 Å². The molecule has 0 unspecified atom stereocenters. The van der Waals surface area contributed by atoms with E-state index in [9.17, 15) is 9.18 Å². The number of amides is 1. The van der Waals surface area contributed by atoms with Crippen LogP contribution >= 0.6 is 11.5 Å². The van der Waals surface area contributed by atoms with E-state index in [-0.39, 0.29) is 11.9 Å². The van der Waals surface area contributed by atoms with Crippen molar-refractivity contribution in [1.82, 2.24) is 14.2 Å². The van der Waals surface area contributed by atoms with Crippen molar-refractivity contribution >= 4 is 28.4 Å². The van der Waals surface area contributed by atoms with Crippen LogP contribution in [0.1, 0.15) is 31.4 Å². The van der Waals surface area contributed by atoms with Gasteiger partial charge in [0.2, 0.25) is 0 Å². The Hall–Kier alpha value is -2.94. The van der Waals surface area contributed by atoms with Crippen LogP contribution in [0, 0.1) is 18.7 Å². The van der Waals surface area contributed by atoms with Gasteiger partial charge in [-0.3, -0.25) is 4.90 Å². The Balaban J connectivity index is 1.15. The molecule has 3 aromatic rings. The van der Waals surface area contributed by atoms with Crippen LogP contribution in [0.15, 0.2) is 42.6 Å². The number of benzene rings is 1. The molecule has 2 aliphatic rings. The zero-order chi connectivity index (χ0) is 21.4. The largest absolute Gasteiger partial charge is 0.441 e. The quantitative estimate of drug-likeness (QED) is 0.617. The number of hydrogen-bond donors (Lipinski definition) is 1. The zero-order valence-electron chi connectivity index (χ0n) is 17.3. The average molecular weight is 442 g/mol. The molecule has 1 aliphatic heterocycles. The first-order chi connectivity index (χ1) is 15.0. The van der Waals surface area contributed by atoms with Gasteiger partial charge >= 0.3 is 6.09 Å². The summed E-state index contributed by atoms with van der Waals surface area (Å²) in [4.78, 5) is 14.1. The number of nitrogens with one attached hydrogen (secondary N) is 1. The summed E-state index contributed by atoms with van der Waals surface area (Å²) in [5.41, 5.74) is 0.956. The van der Waals surface area contributed by atoms with E-state index in [0.29, 0.717) is 18.2 Å². The number of halogens is 1. The van der Waals surface area contributed by atoms with E-state index in [0.717, 1.165) is 48.7 Å². The van der Waals surface area contributed by atoms with E-state index < -0.39 is 5.60 Å². The minimum atomic E-state index is -0.391. The highest BCUT2D eigenvalue weighted by atomic mass is 32.1. The molecule has 1 aliphatic carbocycles. The second-order valence-corrected chi connectivity index (χ2v) is 9.15. The molecule has 0 atom stereocenters. The number of ether oxygens (including phenoxy) is 1. The van der Waals surface area contributed by atoms with Crippen LogP contribution in [0.3, 0.4) is 0 Å². The number of aryl methyl sites for hydroxylation is 1. The van der Waals surface area contributed by atoms with E-state index >= 15 is 0 Å². The number of para-hydroxylation sites is 1. The predicted octanol–water partition coefficient (Wildman–Crippen LogP) is 4.77. The zero-order valence-corrected chi connectivity index (χ0v) is 18.1. The summed E-state index contributed by atoms with van der Waals surface area (Å²) in [7, 11) is 0. The summed E-state index contributed by atoms with van der Waals surface area (Å²) >= 11 is 1.34. The molecule has 1 saturated heterocycles. The van der Waals surface area contributed by atoms with Gasteiger partial charge in [-0.15, -0.1) is 0 Å². The first kappa shape index (κ1) is 20.0. The molecule has 5 rings (SSSR count). The Morgan fingerprint density at radius 2 is 2.10 bits per heavy atom. The van der Waals surface area contributed by atoms with E-state index in [2.05, 4.69) is 14.8 Å². The standard InChI is InChI=1S/C22H24FN5O2S/c1-15-12-20(31-26-15)27-14-22(30-21(27)29)9-6-16(7-10-22)13-24-19-8-11-28(25-19)18-5-3-2-4-17(18)23/h2-5,8,11-12,16H,6-7,9-10,13-14H2,1H3,(H,24,25)/t16-,22-. The van der Waals surface area contributed by atoms with E-state index in [1.54, 1.807) is 34.0 Å². The van der Waals surface area contributed by atoms with Gasteiger partial charge in [0.25, 0.3) is 0 Å². The van der Waals surface area contributed by atoms with Gasteiger partial charge in [0.1, 0.15) is 27.9 Å². The molecule has 3 heterocycles. The van der Waals surface area contributed by atoms with Gasteiger partial charge in [-0.2, -0.15) is 9.47 Å². The number of aromatic nitrogens is 3. The smallest absolute Gasteiger partial charge is 0.415 e. The molecule has 2 aromatic heterocycles. The molecule has 1 amide bonds. The monoisotopic (exact) mass is 441 g/mol. The van der Waals surface area contributed by atoms with Gasteiger partial charge in [0, 0.05) is 18.8 Å². The highest BCUT2D eigenvalue weighted by Crippen LogP contribution is 2.41. The molecular weight excluding hydrogens is 417 g/mol. The maximum atomic E-state index is 13.9. The Bertz CT molecular complexity index is 1090. The van der Waals surface area contributed by atoms with Crippen molar-refractivity contribution < 1.29 is 13.9 Å². The van der Waals surface area contributed by atoms with Crippen LogP contribution < -0.4 is 10.2 Å². The molecule has 7 nitrogen and oxygen atoms in total. The van der Waals surface area contributed by atoms with Crippen LogP contribution in [0.2, 0.25) is 0 Å². The Labute approximate surface area is 184 Å². The number of nitrogens with zero attached hydrogens (tertiary/aromatic N) is 4. The number of hydrogen-bond acceptors (Lipinski definition) is 6. The van der Waals surface area contributed by atoms with Crippen molar-refractivity contribution in [3.63, 3.8) is 0 Å². The van der Waals surface area contributed by atoms with Gasteiger partial charge in [0.15, 0.2) is 0 Å². The average Bonchev–Trinajstić information content (AvgIpc) is 3.48. The Kier molecular flexibility index (Phi) is 5.13. The molecule has 1 aromatic carbocycles. The SMILES string of the molecule is Cc1cc(N2C[C@]3(CC[C@@H](CNc4ccn(-c5ccccc5F)n4)CC3)OC2=O)sn1. The van der Waals surface area contributed by atoms with E-state index in [4.69, 9.17) is 4.74 Å². The highest BCUT2D eigenvalue weighted by Gasteiger charge is 2.48. The van der Waals surface area contributed by atoms with Gasteiger partial charge < -0.3 is 10.1 Å². The van der Waals surface area contributed by atoms with E-state index in [1.807, 2.05) is 19.1 Å². The number of rotatable bonds is 5. The number of anilines is 2. The molecule has 162 valence electrons. The molecule has 1 N–H and O–H groups in total. The van der Waals surface area contributed by atoms with Crippen LogP contribution in [0.5, 0.6) is 0 Å². The Morgan fingerprint density at radius 1 is 1.29 bits per heavy atom. The summed E-state index contributed by atoms with van der Waals surface area (Å²) in [6, 6.07) is 10.4. The molecule has 2 fully saturated rings. The lowest BCUT2D eigenvalue weighted by molar-refractivity contribution is 0.0148. The van der Waals surface area contributed by atoms with Crippen molar-refractivity contribution in [3.05, 3.63) is 54.1 Å². The van der Waals surface area contributed by atoms with E-state index in [1.165, 1.54) is 17.6 Å². The third kappa shape index (κ3) is 4.01. The van der Waals surface area contributed by atoms with Gasteiger partial charge in [-0.05, 0) is 68.3 Å². The summed E-state index contributed by atoms with van der Waals surface area (Å²) < 4.78 is 25.6. The van der Waals surface area contributed by atoms with Gasteiger partial charge in [0.05, 0.1) is 12.2 Å². The lowest BCUT2D eigenvalue weighted by atomic mass is 9.78. The minimum Gasteiger partial charge on any atom is -0.441 e. The van der Waals surface area contributed by atoms with Gasteiger partial charge in [-0.25, -0.2) is 13.9 Å². The van der Waals surface area contributed by atoms with Crippen molar-refractivity contribution in [3.8, 4) is 5.69 Å². The van der Waals surface area contributed by atoms with Crippen molar-refractivity contribution in [1.29, 1.82) is 0 Å². The number of carbonyl (C=O) groups is 1. The van der Waals surface area contributed by atoms with Crippen molar-refractivity contribution in [2.24, 2.45) is 5.92 Å². The number of carbonyl (C=O) groups excluding carboxylic acids is 1. The molecule has 0 radical (unpaired) electrons. The second-order valence-electron chi connectivity index (χ2n) is 8.36. The fourth-order valence-corrected chi connectivity index (χ4v) is 5.13. The fourth-order valence-electron chi connectivity index (χ4n) is 4.38. The summed E-state index contributed by atoms with van der Waals surface area (Å²) in [5, 5.41) is 8.66. The first-order valence-electron chi connectivity index (χ1n) is 10.5. The third-order valence-electron chi connectivity index (χ3n) is 6.13. The maximum absolute atomic E-state index is 13.9. The van der Waals surface area contributed by atoms with Crippen molar-refractivity contribution in [2.45, 2.75) is 38.2 Å². The summed E-state index contributed by atoms with van der Waals surface area (Å²) in [5.74, 6) is 0.897. The molecule has 9 heteroatoms. The molecule has 1 spiro atoms. The van der Waals surface area contributed by atoms with Crippen molar-refractivity contribution in [2.75, 3.05) is 23.3 Å². The molecule has 1 saturated carbocycles. The maximum Gasteiger partial charge on any atom is 0.415 e.